The third-order valence-corrected chi connectivity index (χ3v) is 4.35. The zero-order valence-electron chi connectivity index (χ0n) is 10.8. The predicted octanol–water partition coefficient (Wildman–Crippen LogP) is 3.14. The van der Waals surface area contributed by atoms with Gasteiger partial charge < -0.3 is 10.8 Å². The number of hydrogen-bond acceptors (Lipinski definition) is 3. The molecule has 0 radical (unpaired) electrons. The van der Waals surface area contributed by atoms with Crippen LogP contribution in [0.15, 0.2) is 36.4 Å². The van der Waals surface area contributed by atoms with Gasteiger partial charge in [-0.05, 0) is 37.1 Å². The average Bonchev–Trinajstić information content (AvgIpc) is 2.79. The Morgan fingerprint density at radius 2 is 1.89 bits per heavy atom. The number of aliphatic hydroxyl groups excluding tert-OH is 1. The molecule has 0 saturated heterocycles. The third-order valence-electron chi connectivity index (χ3n) is 3.28. The minimum absolute atomic E-state index is 0.0377. The standard InChI is InChI=1S/C15H19NOS/c1-10-5-3-4-6-12(10)13(9-16)15(17)14-8-7-11(2)18-14/h3-8,13,15,17H,9,16H2,1-2H3. The molecule has 1 aromatic carbocycles. The highest BCUT2D eigenvalue weighted by atomic mass is 32.1. The Labute approximate surface area is 112 Å². The van der Waals surface area contributed by atoms with Crippen LogP contribution in [0.5, 0.6) is 0 Å². The minimum atomic E-state index is -0.519. The van der Waals surface area contributed by atoms with Crippen molar-refractivity contribution in [3.8, 4) is 0 Å². The van der Waals surface area contributed by atoms with Crippen molar-refractivity contribution in [2.75, 3.05) is 6.54 Å². The largest absolute Gasteiger partial charge is 0.387 e. The number of hydrogen-bond donors (Lipinski definition) is 2. The van der Waals surface area contributed by atoms with E-state index in [0.29, 0.717) is 6.54 Å². The quantitative estimate of drug-likeness (QED) is 0.888. The van der Waals surface area contributed by atoms with Crippen molar-refractivity contribution in [3.05, 3.63) is 57.3 Å². The lowest BCUT2D eigenvalue weighted by Crippen LogP contribution is -2.20. The number of aryl methyl sites for hydroxylation is 2. The summed E-state index contributed by atoms with van der Waals surface area (Å²) in [5, 5.41) is 10.5. The molecular formula is C15H19NOS. The van der Waals surface area contributed by atoms with E-state index >= 15 is 0 Å². The van der Waals surface area contributed by atoms with Crippen molar-refractivity contribution in [1.29, 1.82) is 0 Å². The zero-order chi connectivity index (χ0) is 13.1. The van der Waals surface area contributed by atoms with Crippen LogP contribution in [0.3, 0.4) is 0 Å². The number of thiophene rings is 1. The van der Waals surface area contributed by atoms with Gasteiger partial charge in [0.05, 0.1) is 6.10 Å². The maximum absolute atomic E-state index is 10.5. The molecule has 0 fully saturated rings. The van der Waals surface area contributed by atoms with E-state index in [-0.39, 0.29) is 5.92 Å². The average molecular weight is 261 g/mol. The molecule has 0 bridgehead atoms. The maximum atomic E-state index is 10.5. The molecule has 2 nitrogen and oxygen atoms in total. The normalized spacial score (nSPS) is 14.4. The summed E-state index contributed by atoms with van der Waals surface area (Å²) in [6, 6.07) is 12.1. The minimum Gasteiger partial charge on any atom is -0.387 e. The predicted molar refractivity (Wildman–Crippen MR) is 77.0 cm³/mol. The first-order valence-corrected chi connectivity index (χ1v) is 6.95. The van der Waals surface area contributed by atoms with Gasteiger partial charge in [-0.1, -0.05) is 24.3 Å². The molecule has 0 aliphatic rings. The Bertz CT molecular complexity index is 521. The molecule has 96 valence electrons. The van der Waals surface area contributed by atoms with Gasteiger partial charge in [0.2, 0.25) is 0 Å². The summed E-state index contributed by atoms with van der Waals surface area (Å²) in [5.74, 6) is -0.0377. The molecule has 2 rings (SSSR count). The molecule has 2 atom stereocenters. The van der Waals surface area contributed by atoms with Gasteiger partial charge in [0.15, 0.2) is 0 Å². The molecule has 1 aromatic heterocycles. The molecule has 0 aliphatic heterocycles. The van der Waals surface area contributed by atoms with Crippen LogP contribution in [-0.4, -0.2) is 11.7 Å². The van der Waals surface area contributed by atoms with E-state index < -0.39 is 6.10 Å². The van der Waals surface area contributed by atoms with Gasteiger partial charge in [-0.25, -0.2) is 0 Å². The highest BCUT2D eigenvalue weighted by molar-refractivity contribution is 7.12. The Morgan fingerprint density at radius 3 is 2.44 bits per heavy atom. The number of rotatable bonds is 4. The van der Waals surface area contributed by atoms with Crippen LogP contribution in [-0.2, 0) is 0 Å². The second kappa shape index (κ2) is 5.65. The molecule has 2 aromatic rings. The maximum Gasteiger partial charge on any atom is 0.0962 e. The third kappa shape index (κ3) is 2.64. The van der Waals surface area contributed by atoms with Gasteiger partial charge in [0.1, 0.15) is 0 Å². The second-order valence-electron chi connectivity index (χ2n) is 4.59. The molecular weight excluding hydrogens is 242 g/mol. The van der Waals surface area contributed by atoms with Crippen molar-refractivity contribution in [3.63, 3.8) is 0 Å². The van der Waals surface area contributed by atoms with Crippen LogP contribution in [0.2, 0.25) is 0 Å². The van der Waals surface area contributed by atoms with Gasteiger partial charge in [0.25, 0.3) is 0 Å². The Balaban J connectivity index is 2.32. The molecule has 3 N–H and O–H groups in total. The van der Waals surface area contributed by atoms with E-state index in [0.717, 1.165) is 10.4 Å². The van der Waals surface area contributed by atoms with Crippen LogP contribution < -0.4 is 5.73 Å². The topological polar surface area (TPSA) is 46.2 Å². The lowest BCUT2D eigenvalue weighted by molar-refractivity contribution is 0.151. The molecule has 1 heterocycles. The Hall–Kier alpha value is -1.16. The number of nitrogens with two attached hydrogens (primary N) is 1. The van der Waals surface area contributed by atoms with Crippen LogP contribution in [0, 0.1) is 13.8 Å². The molecule has 0 saturated carbocycles. The van der Waals surface area contributed by atoms with E-state index in [1.54, 1.807) is 11.3 Å². The van der Waals surface area contributed by atoms with E-state index in [1.807, 2.05) is 31.2 Å². The molecule has 0 spiro atoms. The SMILES string of the molecule is Cc1ccc(C(O)C(CN)c2ccccc2C)s1. The highest BCUT2D eigenvalue weighted by Crippen LogP contribution is 2.35. The Kier molecular flexibility index (Phi) is 4.17. The van der Waals surface area contributed by atoms with Crippen LogP contribution in [0.1, 0.15) is 32.9 Å². The van der Waals surface area contributed by atoms with Crippen molar-refractivity contribution in [1.82, 2.24) is 0 Å². The van der Waals surface area contributed by atoms with Crippen molar-refractivity contribution in [2.45, 2.75) is 25.9 Å². The van der Waals surface area contributed by atoms with Gasteiger partial charge in [-0.15, -0.1) is 11.3 Å². The second-order valence-corrected chi connectivity index (χ2v) is 5.91. The van der Waals surface area contributed by atoms with E-state index in [9.17, 15) is 5.11 Å². The molecule has 0 amide bonds. The number of aliphatic hydroxyl groups is 1. The summed E-state index contributed by atoms with van der Waals surface area (Å²) >= 11 is 1.63. The van der Waals surface area contributed by atoms with Gasteiger partial charge in [-0.2, -0.15) is 0 Å². The summed E-state index contributed by atoms with van der Waals surface area (Å²) < 4.78 is 0. The first-order valence-electron chi connectivity index (χ1n) is 6.13. The van der Waals surface area contributed by atoms with Crippen molar-refractivity contribution >= 4 is 11.3 Å². The van der Waals surface area contributed by atoms with Crippen LogP contribution >= 0.6 is 11.3 Å². The fraction of sp³-hybridized carbons (Fsp3) is 0.333. The monoisotopic (exact) mass is 261 g/mol. The first kappa shape index (κ1) is 13.3. The van der Waals surface area contributed by atoms with Gasteiger partial charge >= 0.3 is 0 Å². The van der Waals surface area contributed by atoms with E-state index in [1.165, 1.54) is 10.4 Å². The number of benzene rings is 1. The fourth-order valence-corrected chi connectivity index (χ4v) is 3.17. The van der Waals surface area contributed by atoms with Gasteiger partial charge in [0, 0.05) is 22.2 Å². The molecule has 2 unspecified atom stereocenters. The lowest BCUT2D eigenvalue weighted by Gasteiger charge is -2.22. The summed E-state index contributed by atoms with van der Waals surface area (Å²) in [4.78, 5) is 2.20. The summed E-state index contributed by atoms with van der Waals surface area (Å²) in [6.07, 6.45) is -0.519. The summed E-state index contributed by atoms with van der Waals surface area (Å²) in [7, 11) is 0. The zero-order valence-corrected chi connectivity index (χ0v) is 11.6. The van der Waals surface area contributed by atoms with Crippen molar-refractivity contribution < 1.29 is 5.11 Å². The summed E-state index contributed by atoms with van der Waals surface area (Å²) in [6.45, 7) is 4.56. The lowest BCUT2D eigenvalue weighted by atomic mass is 9.89. The van der Waals surface area contributed by atoms with E-state index in [4.69, 9.17) is 5.73 Å². The summed E-state index contributed by atoms with van der Waals surface area (Å²) in [5.41, 5.74) is 8.18. The molecule has 0 aliphatic carbocycles. The van der Waals surface area contributed by atoms with Crippen LogP contribution in [0.4, 0.5) is 0 Å². The molecule has 3 heteroatoms. The Morgan fingerprint density at radius 1 is 1.17 bits per heavy atom. The van der Waals surface area contributed by atoms with Gasteiger partial charge in [-0.3, -0.25) is 0 Å². The van der Waals surface area contributed by atoms with Crippen LogP contribution in [0.25, 0.3) is 0 Å². The van der Waals surface area contributed by atoms with E-state index in [2.05, 4.69) is 19.1 Å². The molecule has 18 heavy (non-hydrogen) atoms. The smallest absolute Gasteiger partial charge is 0.0962 e. The highest BCUT2D eigenvalue weighted by Gasteiger charge is 2.23. The fourth-order valence-electron chi connectivity index (χ4n) is 2.24. The van der Waals surface area contributed by atoms with Crippen molar-refractivity contribution in [2.24, 2.45) is 5.73 Å². The first-order chi connectivity index (χ1) is 8.63.